The SMILES string of the molecule is CCCCN(Cc1nnn[nH]1)C(=O)c1ccc(N2CCC(=O)CC2)cc1. The van der Waals surface area contributed by atoms with Gasteiger partial charge in [-0.2, -0.15) is 0 Å². The Morgan fingerprint density at radius 2 is 1.96 bits per heavy atom. The van der Waals surface area contributed by atoms with E-state index < -0.39 is 0 Å². The number of ketones is 1. The smallest absolute Gasteiger partial charge is 0.254 e. The zero-order chi connectivity index (χ0) is 18.4. The molecule has 0 bridgehead atoms. The van der Waals surface area contributed by atoms with Crippen LogP contribution in [0, 0.1) is 0 Å². The molecular formula is C18H24N6O2. The van der Waals surface area contributed by atoms with Gasteiger partial charge in [0.15, 0.2) is 5.82 Å². The molecule has 3 rings (SSSR count). The normalized spacial score (nSPS) is 14.5. The number of aromatic nitrogens is 4. The first-order chi connectivity index (χ1) is 12.7. The highest BCUT2D eigenvalue weighted by Gasteiger charge is 2.19. The van der Waals surface area contributed by atoms with E-state index in [-0.39, 0.29) is 5.91 Å². The quantitative estimate of drug-likeness (QED) is 0.813. The molecule has 1 aliphatic heterocycles. The average Bonchev–Trinajstić information content (AvgIpc) is 3.18. The first-order valence-electron chi connectivity index (χ1n) is 9.06. The Morgan fingerprint density at radius 3 is 2.58 bits per heavy atom. The molecule has 26 heavy (non-hydrogen) atoms. The van der Waals surface area contributed by atoms with E-state index in [1.165, 1.54) is 0 Å². The summed E-state index contributed by atoms with van der Waals surface area (Å²) in [5.74, 6) is 0.862. The molecule has 1 aromatic carbocycles. The van der Waals surface area contributed by atoms with Gasteiger partial charge < -0.3 is 9.80 Å². The molecule has 0 radical (unpaired) electrons. The van der Waals surface area contributed by atoms with E-state index in [1.807, 2.05) is 24.3 Å². The summed E-state index contributed by atoms with van der Waals surface area (Å²) in [6.45, 7) is 4.60. The summed E-state index contributed by atoms with van der Waals surface area (Å²) in [5.41, 5.74) is 1.69. The van der Waals surface area contributed by atoms with Crippen molar-refractivity contribution in [3.05, 3.63) is 35.7 Å². The highest BCUT2D eigenvalue weighted by molar-refractivity contribution is 5.94. The van der Waals surface area contributed by atoms with Gasteiger partial charge in [0.05, 0.1) is 6.54 Å². The summed E-state index contributed by atoms with van der Waals surface area (Å²) in [4.78, 5) is 28.2. The standard InChI is InChI=1S/C18H24N6O2/c1-2-3-10-24(13-17-19-21-22-20-17)18(26)14-4-6-15(7-5-14)23-11-8-16(25)9-12-23/h4-7H,2-3,8-13H2,1H3,(H,19,20,21,22). The van der Waals surface area contributed by atoms with Crippen LogP contribution in [0.2, 0.25) is 0 Å². The van der Waals surface area contributed by atoms with Gasteiger partial charge in [-0.15, -0.1) is 5.10 Å². The van der Waals surface area contributed by atoms with Crippen LogP contribution in [0.15, 0.2) is 24.3 Å². The Labute approximate surface area is 152 Å². The Kier molecular flexibility index (Phi) is 5.93. The van der Waals surface area contributed by atoms with Crippen molar-refractivity contribution in [3.63, 3.8) is 0 Å². The van der Waals surface area contributed by atoms with E-state index in [4.69, 9.17) is 0 Å². The van der Waals surface area contributed by atoms with Crippen LogP contribution in [-0.4, -0.2) is 56.8 Å². The summed E-state index contributed by atoms with van der Waals surface area (Å²) in [6, 6.07) is 7.62. The van der Waals surface area contributed by atoms with Crippen LogP contribution in [-0.2, 0) is 11.3 Å². The lowest BCUT2D eigenvalue weighted by atomic mass is 10.1. The lowest BCUT2D eigenvalue weighted by Crippen LogP contribution is -2.34. The monoisotopic (exact) mass is 356 g/mol. The van der Waals surface area contributed by atoms with Gasteiger partial charge in [0.2, 0.25) is 0 Å². The number of carbonyl (C=O) groups is 2. The lowest BCUT2D eigenvalue weighted by molar-refractivity contribution is -0.119. The molecule has 0 aliphatic carbocycles. The van der Waals surface area contributed by atoms with E-state index >= 15 is 0 Å². The molecule has 0 saturated carbocycles. The van der Waals surface area contributed by atoms with Gasteiger partial charge in [0, 0.05) is 43.7 Å². The number of amides is 1. The third-order valence-electron chi connectivity index (χ3n) is 4.60. The molecule has 0 unspecified atom stereocenters. The fourth-order valence-corrected chi connectivity index (χ4v) is 3.04. The number of unbranched alkanes of at least 4 members (excludes halogenated alkanes) is 1. The van der Waals surface area contributed by atoms with E-state index in [2.05, 4.69) is 32.4 Å². The fourth-order valence-electron chi connectivity index (χ4n) is 3.04. The third-order valence-corrected chi connectivity index (χ3v) is 4.60. The van der Waals surface area contributed by atoms with Gasteiger partial charge in [-0.05, 0) is 41.1 Å². The first kappa shape index (κ1) is 18.0. The maximum absolute atomic E-state index is 12.9. The molecule has 138 valence electrons. The minimum atomic E-state index is -0.0322. The van der Waals surface area contributed by atoms with Gasteiger partial charge in [-0.25, -0.2) is 5.10 Å². The molecule has 8 nitrogen and oxygen atoms in total. The number of anilines is 1. The molecule has 1 aromatic heterocycles. The second kappa shape index (κ2) is 8.55. The minimum absolute atomic E-state index is 0.0322. The van der Waals surface area contributed by atoms with Crippen LogP contribution >= 0.6 is 0 Å². The van der Waals surface area contributed by atoms with Crippen molar-refractivity contribution >= 4 is 17.4 Å². The van der Waals surface area contributed by atoms with Gasteiger partial charge in [0.1, 0.15) is 5.78 Å². The first-order valence-corrected chi connectivity index (χ1v) is 9.06. The largest absolute Gasteiger partial charge is 0.371 e. The van der Waals surface area contributed by atoms with Crippen molar-refractivity contribution in [2.24, 2.45) is 0 Å². The van der Waals surface area contributed by atoms with Crippen molar-refractivity contribution < 1.29 is 9.59 Å². The van der Waals surface area contributed by atoms with Crippen molar-refractivity contribution in [2.75, 3.05) is 24.5 Å². The average molecular weight is 356 g/mol. The van der Waals surface area contributed by atoms with Crippen molar-refractivity contribution in [1.82, 2.24) is 25.5 Å². The van der Waals surface area contributed by atoms with Gasteiger partial charge >= 0.3 is 0 Å². The van der Waals surface area contributed by atoms with Crippen molar-refractivity contribution in [3.8, 4) is 0 Å². The zero-order valence-electron chi connectivity index (χ0n) is 15.0. The highest BCUT2D eigenvalue weighted by Crippen LogP contribution is 2.20. The molecule has 1 N–H and O–H groups in total. The summed E-state index contributed by atoms with van der Waals surface area (Å²) >= 11 is 0. The minimum Gasteiger partial charge on any atom is -0.371 e. The van der Waals surface area contributed by atoms with E-state index in [0.29, 0.717) is 43.1 Å². The molecule has 2 heterocycles. The summed E-state index contributed by atoms with van der Waals surface area (Å²) < 4.78 is 0. The molecule has 8 heteroatoms. The third kappa shape index (κ3) is 4.44. The Morgan fingerprint density at radius 1 is 1.23 bits per heavy atom. The zero-order valence-corrected chi connectivity index (χ0v) is 15.0. The Bertz CT molecular complexity index is 719. The Balaban J connectivity index is 1.68. The predicted octanol–water partition coefficient (Wildman–Crippen LogP) is 1.81. The maximum Gasteiger partial charge on any atom is 0.254 e. The predicted molar refractivity (Wildman–Crippen MR) is 96.7 cm³/mol. The number of Topliss-reactive ketones (excluding diaryl/α,β-unsaturated/α-hetero) is 1. The van der Waals surface area contributed by atoms with Crippen LogP contribution in [0.25, 0.3) is 0 Å². The summed E-state index contributed by atoms with van der Waals surface area (Å²) in [6.07, 6.45) is 3.12. The molecule has 1 saturated heterocycles. The molecule has 1 fully saturated rings. The Hall–Kier alpha value is -2.77. The van der Waals surface area contributed by atoms with E-state index in [0.717, 1.165) is 31.6 Å². The maximum atomic E-state index is 12.9. The number of aromatic amines is 1. The van der Waals surface area contributed by atoms with E-state index in [1.54, 1.807) is 4.90 Å². The lowest BCUT2D eigenvalue weighted by Gasteiger charge is -2.28. The second-order valence-electron chi connectivity index (χ2n) is 6.50. The number of H-pyrrole nitrogens is 1. The number of nitrogens with zero attached hydrogens (tertiary/aromatic N) is 5. The number of hydrogen-bond acceptors (Lipinski definition) is 6. The van der Waals surface area contributed by atoms with Crippen LogP contribution in [0.3, 0.4) is 0 Å². The van der Waals surface area contributed by atoms with Crippen molar-refractivity contribution in [1.29, 1.82) is 0 Å². The number of benzene rings is 1. The number of piperidine rings is 1. The number of nitrogens with one attached hydrogen (secondary N) is 1. The van der Waals surface area contributed by atoms with E-state index in [9.17, 15) is 9.59 Å². The molecule has 1 amide bonds. The topological polar surface area (TPSA) is 95.1 Å². The van der Waals surface area contributed by atoms with Crippen LogP contribution < -0.4 is 4.90 Å². The van der Waals surface area contributed by atoms with Crippen LogP contribution in [0.1, 0.15) is 48.8 Å². The van der Waals surface area contributed by atoms with Crippen LogP contribution in [0.4, 0.5) is 5.69 Å². The molecule has 0 atom stereocenters. The number of carbonyl (C=O) groups excluding carboxylic acids is 2. The highest BCUT2D eigenvalue weighted by atomic mass is 16.2. The second-order valence-corrected chi connectivity index (χ2v) is 6.50. The number of rotatable bonds is 7. The molecule has 2 aromatic rings. The number of hydrogen-bond donors (Lipinski definition) is 1. The fraction of sp³-hybridized carbons (Fsp3) is 0.500. The van der Waals surface area contributed by atoms with Crippen LogP contribution in [0.5, 0.6) is 0 Å². The number of tetrazole rings is 1. The molecule has 0 spiro atoms. The van der Waals surface area contributed by atoms with Gasteiger partial charge in [-0.1, -0.05) is 13.3 Å². The van der Waals surface area contributed by atoms with Crippen molar-refractivity contribution in [2.45, 2.75) is 39.2 Å². The summed E-state index contributed by atoms with van der Waals surface area (Å²) in [5, 5.41) is 13.7. The molecular weight excluding hydrogens is 332 g/mol. The molecule has 1 aliphatic rings. The van der Waals surface area contributed by atoms with Gasteiger partial charge in [-0.3, -0.25) is 9.59 Å². The summed E-state index contributed by atoms with van der Waals surface area (Å²) in [7, 11) is 0. The van der Waals surface area contributed by atoms with Gasteiger partial charge in [0.25, 0.3) is 5.91 Å².